The van der Waals surface area contributed by atoms with Crippen molar-refractivity contribution in [1.82, 2.24) is 30.1 Å². The third-order valence-corrected chi connectivity index (χ3v) is 7.13. The second kappa shape index (κ2) is 9.94. The number of hydrogen-bond donors (Lipinski definition) is 2. The summed E-state index contributed by atoms with van der Waals surface area (Å²) in [7, 11) is 0. The Labute approximate surface area is 222 Å². The van der Waals surface area contributed by atoms with Crippen LogP contribution >= 0.6 is 11.6 Å². The van der Waals surface area contributed by atoms with E-state index < -0.39 is 11.7 Å². The molecule has 1 saturated heterocycles. The standard InChI is InChI=1S/C27H25ClFN7O2/c1-2-38-18-12-19(25-20-14-31-33-26(20)34-36(25)15-18)16-6-7-23(30-13-16)35-10-8-17(9-11-35)32-27(37)24-21(28)4-3-5-22(24)29/h3-7,12-15,17H,2,8-11H2,1H3,(H,32,37)(H,33,34). The fraction of sp³-hybridized carbons (Fsp3) is 0.259. The minimum Gasteiger partial charge on any atom is -0.492 e. The number of hydrogen-bond acceptors (Lipinski definition) is 6. The molecule has 1 aliphatic rings. The van der Waals surface area contributed by atoms with E-state index in [9.17, 15) is 9.18 Å². The number of nitrogens with zero attached hydrogens (tertiary/aromatic N) is 5. The number of aromatic nitrogens is 5. The number of H-pyrrole nitrogens is 1. The zero-order chi connectivity index (χ0) is 26.2. The van der Waals surface area contributed by atoms with E-state index in [0.717, 1.165) is 33.6 Å². The summed E-state index contributed by atoms with van der Waals surface area (Å²) in [5, 5.41) is 15.6. The topological polar surface area (TPSA) is 100 Å². The van der Waals surface area contributed by atoms with Crippen LogP contribution in [-0.2, 0) is 0 Å². The van der Waals surface area contributed by atoms with Crippen LogP contribution in [0.1, 0.15) is 30.1 Å². The van der Waals surface area contributed by atoms with Gasteiger partial charge in [0, 0.05) is 36.5 Å². The minimum atomic E-state index is -0.620. The van der Waals surface area contributed by atoms with Crippen LogP contribution in [0.25, 0.3) is 27.7 Å². The van der Waals surface area contributed by atoms with Gasteiger partial charge in [0.05, 0.1) is 40.5 Å². The average molecular weight is 534 g/mol. The summed E-state index contributed by atoms with van der Waals surface area (Å²) in [6.07, 6.45) is 6.92. The summed E-state index contributed by atoms with van der Waals surface area (Å²) >= 11 is 6.04. The highest BCUT2D eigenvalue weighted by molar-refractivity contribution is 6.33. The summed E-state index contributed by atoms with van der Waals surface area (Å²) in [5.41, 5.74) is 3.41. The molecule has 0 unspecified atom stereocenters. The number of anilines is 1. The predicted molar refractivity (Wildman–Crippen MR) is 143 cm³/mol. The second-order valence-corrected chi connectivity index (χ2v) is 9.59. The van der Waals surface area contributed by atoms with E-state index >= 15 is 0 Å². The molecule has 0 bridgehead atoms. The molecular weight excluding hydrogens is 509 g/mol. The quantitative estimate of drug-likeness (QED) is 0.323. The summed E-state index contributed by atoms with van der Waals surface area (Å²) in [6, 6.07) is 10.2. The molecule has 1 aromatic carbocycles. The third-order valence-electron chi connectivity index (χ3n) is 6.82. The Morgan fingerprint density at radius 3 is 2.82 bits per heavy atom. The lowest BCUT2D eigenvalue weighted by molar-refractivity contribution is 0.0927. The van der Waals surface area contributed by atoms with Gasteiger partial charge in [-0.1, -0.05) is 17.7 Å². The minimum absolute atomic E-state index is 0.0671. The summed E-state index contributed by atoms with van der Waals surface area (Å²) in [6.45, 7) is 3.92. The van der Waals surface area contributed by atoms with Crippen molar-refractivity contribution in [2.45, 2.75) is 25.8 Å². The van der Waals surface area contributed by atoms with Crippen LogP contribution in [0.3, 0.4) is 0 Å². The largest absolute Gasteiger partial charge is 0.492 e. The molecule has 38 heavy (non-hydrogen) atoms. The normalized spacial score (nSPS) is 14.3. The van der Waals surface area contributed by atoms with Crippen LogP contribution in [-0.4, -0.2) is 56.4 Å². The van der Waals surface area contributed by atoms with Gasteiger partial charge in [-0.05, 0) is 50.1 Å². The maximum absolute atomic E-state index is 14.1. The molecule has 2 N–H and O–H groups in total. The van der Waals surface area contributed by atoms with Crippen LogP contribution in [0.4, 0.5) is 10.2 Å². The van der Waals surface area contributed by atoms with Gasteiger partial charge in [-0.2, -0.15) is 5.10 Å². The summed E-state index contributed by atoms with van der Waals surface area (Å²) < 4.78 is 21.7. The molecule has 4 aromatic heterocycles. The zero-order valence-electron chi connectivity index (χ0n) is 20.6. The van der Waals surface area contributed by atoms with Gasteiger partial charge in [-0.3, -0.25) is 9.89 Å². The molecule has 0 radical (unpaired) electrons. The third kappa shape index (κ3) is 4.41. The molecule has 9 nitrogen and oxygen atoms in total. The first-order valence-electron chi connectivity index (χ1n) is 12.5. The van der Waals surface area contributed by atoms with Gasteiger partial charge in [0.2, 0.25) is 0 Å². The number of carbonyl (C=O) groups is 1. The predicted octanol–water partition coefficient (Wildman–Crippen LogP) is 4.86. The van der Waals surface area contributed by atoms with Gasteiger partial charge in [0.25, 0.3) is 5.91 Å². The number of halogens is 2. The Morgan fingerprint density at radius 2 is 2.08 bits per heavy atom. The lowest BCUT2D eigenvalue weighted by Crippen LogP contribution is -2.45. The van der Waals surface area contributed by atoms with E-state index in [2.05, 4.69) is 25.5 Å². The van der Waals surface area contributed by atoms with E-state index in [1.165, 1.54) is 18.2 Å². The highest BCUT2D eigenvalue weighted by atomic mass is 35.5. The molecule has 0 aliphatic carbocycles. The SMILES string of the molecule is CCOc1cc(-c2ccc(N3CCC(NC(=O)c4c(F)cccc4Cl)CC3)nc2)c2c3cn[nH]c3nn2c1. The van der Waals surface area contributed by atoms with Gasteiger partial charge in [0.1, 0.15) is 17.4 Å². The molecule has 11 heteroatoms. The Bertz CT molecular complexity index is 1600. The van der Waals surface area contributed by atoms with Crippen molar-refractivity contribution in [2.24, 2.45) is 0 Å². The fourth-order valence-electron chi connectivity index (χ4n) is 4.96. The second-order valence-electron chi connectivity index (χ2n) is 9.18. The first-order valence-corrected chi connectivity index (χ1v) is 12.8. The van der Waals surface area contributed by atoms with Crippen LogP contribution in [0.15, 0.2) is 55.0 Å². The molecule has 1 amide bonds. The van der Waals surface area contributed by atoms with Crippen LogP contribution in [0.2, 0.25) is 5.02 Å². The highest BCUT2D eigenvalue weighted by Crippen LogP contribution is 2.33. The number of nitrogens with one attached hydrogen (secondary N) is 2. The average Bonchev–Trinajstić information content (AvgIpc) is 3.50. The monoisotopic (exact) mass is 533 g/mol. The lowest BCUT2D eigenvalue weighted by Gasteiger charge is -2.33. The maximum atomic E-state index is 14.1. The van der Waals surface area contributed by atoms with E-state index in [1.54, 1.807) is 6.20 Å². The van der Waals surface area contributed by atoms with Crippen molar-refractivity contribution >= 4 is 39.9 Å². The summed E-state index contributed by atoms with van der Waals surface area (Å²) in [5.74, 6) is 0.471. The van der Waals surface area contributed by atoms with Gasteiger partial charge >= 0.3 is 0 Å². The van der Waals surface area contributed by atoms with Gasteiger partial charge in [-0.15, -0.1) is 5.10 Å². The molecule has 6 rings (SSSR count). The number of rotatable bonds is 6. The van der Waals surface area contributed by atoms with E-state index in [4.69, 9.17) is 21.3 Å². The fourth-order valence-corrected chi connectivity index (χ4v) is 5.21. The van der Waals surface area contributed by atoms with Crippen molar-refractivity contribution in [3.8, 4) is 16.9 Å². The molecule has 194 valence electrons. The van der Waals surface area contributed by atoms with Crippen molar-refractivity contribution < 1.29 is 13.9 Å². The van der Waals surface area contributed by atoms with E-state index in [1.807, 2.05) is 42.0 Å². The first kappa shape index (κ1) is 24.2. The lowest BCUT2D eigenvalue weighted by atomic mass is 10.0. The van der Waals surface area contributed by atoms with Crippen molar-refractivity contribution in [1.29, 1.82) is 0 Å². The van der Waals surface area contributed by atoms with Crippen molar-refractivity contribution in [3.05, 3.63) is 71.4 Å². The number of pyridine rings is 2. The van der Waals surface area contributed by atoms with Crippen LogP contribution < -0.4 is 15.0 Å². The van der Waals surface area contributed by atoms with Crippen LogP contribution in [0, 0.1) is 5.82 Å². The molecule has 0 spiro atoms. The first-order chi connectivity index (χ1) is 18.5. The Balaban J connectivity index is 1.18. The molecule has 0 saturated carbocycles. The van der Waals surface area contributed by atoms with Crippen molar-refractivity contribution in [2.75, 3.05) is 24.6 Å². The number of carbonyl (C=O) groups excluding carboxylic acids is 1. The smallest absolute Gasteiger partial charge is 0.255 e. The molecule has 5 heterocycles. The Kier molecular flexibility index (Phi) is 6.32. The van der Waals surface area contributed by atoms with Gasteiger partial charge in [-0.25, -0.2) is 13.9 Å². The molecule has 0 atom stereocenters. The highest BCUT2D eigenvalue weighted by Gasteiger charge is 2.24. The number of benzene rings is 1. The van der Waals surface area contributed by atoms with Gasteiger partial charge in [0.15, 0.2) is 5.65 Å². The maximum Gasteiger partial charge on any atom is 0.255 e. The van der Waals surface area contributed by atoms with E-state index in [0.29, 0.717) is 38.2 Å². The molecule has 1 aliphatic heterocycles. The summed E-state index contributed by atoms with van der Waals surface area (Å²) in [4.78, 5) is 19.5. The van der Waals surface area contributed by atoms with E-state index in [-0.39, 0.29) is 16.6 Å². The Hall–Kier alpha value is -4.18. The zero-order valence-corrected chi connectivity index (χ0v) is 21.4. The van der Waals surface area contributed by atoms with Crippen molar-refractivity contribution in [3.63, 3.8) is 0 Å². The number of piperidine rings is 1. The molecule has 1 fully saturated rings. The number of fused-ring (bicyclic) bond motifs is 3. The molecule has 5 aromatic rings. The number of amides is 1. The number of aromatic amines is 1. The number of ether oxygens (including phenoxy) is 1. The molecular formula is C27H25ClFN7O2. The van der Waals surface area contributed by atoms with Crippen LogP contribution in [0.5, 0.6) is 5.75 Å². The Morgan fingerprint density at radius 1 is 1.24 bits per heavy atom. The van der Waals surface area contributed by atoms with Gasteiger partial charge < -0.3 is 15.0 Å².